The van der Waals surface area contributed by atoms with Gasteiger partial charge in [-0.2, -0.15) is 4.98 Å². The maximum atomic E-state index is 5.98. The molecule has 0 amide bonds. The van der Waals surface area contributed by atoms with Crippen LogP contribution in [0.1, 0.15) is 57.7 Å². The van der Waals surface area contributed by atoms with E-state index in [9.17, 15) is 0 Å². The maximum absolute atomic E-state index is 5.98. The zero-order valence-electron chi connectivity index (χ0n) is 10.9. The monoisotopic (exact) mass is 251 g/mol. The minimum Gasteiger partial charge on any atom is -0.367 e. The molecule has 1 aromatic heterocycles. The third kappa shape index (κ3) is 2.36. The molecule has 5 heteroatoms. The molecule has 1 aromatic rings. The van der Waals surface area contributed by atoms with Gasteiger partial charge in [0.15, 0.2) is 0 Å². The predicted octanol–water partition coefficient (Wildman–Crippen LogP) is 2.84. The fourth-order valence-corrected chi connectivity index (χ4v) is 2.70. The normalized spacial score (nSPS) is 22.9. The summed E-state index contributed by atoms with van der Waals surface area (Å²) in [6.45, 7) is 2.72. The summed E-state index contributed by atoms with van der Waals surface area (Å²) in [6.07, 6.45) is 8.05. The van der Waals surface area contributed by atoms with Crippen molar-refractivity contribution in [3.63, 3.8) is 0 Å². The summed E-state index contributed by atoms with van der Waals surface area (Å²) in [4.78, 5) is 4.49. The van der Waals surface area contributed by atoms with E-state index in [0.29, 0.717) is 18.7 Å². The van der Waals surface area contributed by atoms with E-state index < -0.39 is 0 Å². The van der Waals surface area contributed by atoms with Crippen LogP contribution < -0.4 is 5.32 Å². The minimum atomic E-state index is -0.306. The SMILES string of the molecule is CCOC1(c2noc(NC3CC3)n2)CCCCC1. The van der Waals surface area contributed by atoms with Crippen molar-refractivity contribution in [3.8, 4) is 0 Å². The van der Waals surface area contributed by atoms with Crippen molar-refractivity contribution in [2.24, 2.45) is 0 Å². The van der Waals surface area contributed by atoms with Gasteiger partial charge in [-0.1, -0.05) is 24.4 Å². The summed E-state index contributed by atoms with van der Waals surface area (Å²) in [5.74, 6) is 0.729. The average molecular weight is 251 g/mol. The van der Waals surface area contributed by atoms with E-state index in [1.165, 1.54) is 32.1 Å². The third-order valence-corrected chi connectivity index (χ3v) is 3.82. The van der Waals surface area contributed by atoms with Crippen molar-refractivity contribution in [2.45, 2.75) is 63.5 Å². The molecule has 0 saturated heterocycles. The number of anilines is 1. The van der Waals surface area contributed by atoms with Crippen LogP contribution in [0.3, 0.4) is 0 Å². The van der Waals surface area contributed by atoms with E-state index >= 15 is 0 Å². The highest BCUT2D eigenvalue weighted by Gasteiger charge is 2.39. The lowest BCUT2D eigenvalue weighted by Gasteiger charge is -2.33. The van der Waals surface area contributed by atoms with Crippen LogP contribution in [0.5, 0.6) is 0 Å². The lowest BCUT2D eigenvalue weighted by atomic mass is 9.84. The number of hydrogen-bond donors (Lipinski definition) is 1. The molecule has 0 aliphatic heterocycles. The largest absolute Gasteiger partial charge is 0.367 e. The number of nitrogens with one attached hydrogen (secondary N) is 1. The fourth-order valence-electron chi connectivity index (χ4n) is 2.70. The van der Waals surface area contributed by atoms with Crippen LogP contribution in [0.4, 0.5) is 6.01 Å². The Morgan fingerprint density at radius 3 is 2.78 bits per heavy atom. The van der Waals surface area contributed by atoms with Crippen molar-refractivity contribution in [1.82, 2.24) is 10.1 Å². The van der Waals surface area contributed by atoms with E-state index in [0.717, 1.165) is 18.7 Å². The molecule has 0 unspecified atom stereocenters. The van der Waals surface area contributed by atoms with Gasteiger partial charge in [-0.05, 0) is 32.6 Å². The van der Waals surface area contributed by atoms with Crippen LogP contribution in [-0.2, 0) is 10.3 Å². The van der Waals surface area contributed by atoms with Gasteiger partial charge in [0.1, 0.15) is 5.60 Å². The highest BCUT2D eigenvalue weighted by molar-refractivity contribution is 5.24. The molecule has 1 N–H and O–H groups in total. The van der Waals surface area contributed by atoms with Gasteiger partial charge in [-0.25, -0.2) is 0 Å². The molecule has 2 aliphatic carbocycles. The number of aromatic nitrogens is 2. The van der Waals surface area contributed by atoms with Crippen LogP contribution in [-0.4, -0.2) is 22.8 Å². The van der Waals surface area contributed by atoms with E-state index in [1.807, 2.05) is 6.92 Å². The third-order valence-electron chi connectivity index (χ3n) is 3.82. The van der Waals surface area contributed by atoms with Crippen molar-refractivity contribution >= 4 is 6.01 Å². The molecule has 1 heterocycles. The molecular formula is C13H21N3O2. The Kier molecular flexibility index (Phi) is 3.24. The first kappa shape index (κ1) is 12.0. The molecule has 0 bridgehead atoms. The molecule has 3 rings (SSSR count). The molecule has 2 aliphatic rings. The first-order valence-corrected chi connectivity index (χ1v) is 7.07. The van der Waals surface area contributed by atoms with Gasteiger partial charge in [0.25, 0.3) is 0 Å². The van der Waals surface area contributed by atoms with Gasteiger partial charge in [0, 0.05) is 12.6 Å². The molecule has 18 heavy (non-hydrogen) atoms. The smallest absolute Gasteiger partial charge is 0.321 e. The van der Waals surface area contributed by atoms with Crippen LogP contribution in [0.25, 0.3) is 0 Å². The van der Waals surface area contributed by atoms with E-state index in [-0.39, 0.29) is 5.60 Å². The van der Waals surface area contributed by atoms with E-state index in [4.69, 9.17) is 9.26 Å². The van der Waals surface area contributed by atoms with Gasteiger partial charge >= 0.3 is 6.01 Å². The summed E-state index contributed by atoms with van der Waals surface area (Å²) in [5.41, 5.74) is -0.306. The standard InChI is InChI=1S/C13H21N3O2/c1-2-17-13(8-4-3-5-9-13)11-15-12(18-16-11)14-10-6-7-10/h10H,2-9H2,1H3,(H,14,15,16). The average Bonchev–Trinajstić information content (AvgIpc) is 3.06. The Hall–Kier alpha value is -1.10. The minimum absolute atomic E-state index is 0.306. The molecule has 100 valence electrons. The molecule has 0 atom stereocenters. The van der Waals surface area contributed by atoms with Crippen molar-refractivity contribution < 1.29 is 9.26 Å². The van der Waals surface area contributed by atoms with Crippen LogP contribution in [0.15, 0.2) is 4.52 Å². The second-order valence-corrected chi connectivity index (χ2v) is 5.33. The highest BCUT2D eigenvalue weighted by Crippen LogP contribution is 2.39. The Bertz CT molecular complexity index is 389. The number of nitrogens with zero attached hydrogens (tertiary/aromatic N) is 2. The number of ether oxygens (including phenoxy) is 1. The van der Waals surface area contributed by atoms with Crippen molar-refractivity contribution in [2.75, 3.05) is 11.9 Å². The Balaban J connectivity index is 1.77. The summed E-state index contributed by atoms with van der Waals surface area (Å²) in [6, 6.07) is 1.09. The second-order valence-electron chi connectivity index (χ2n) is 5.33. The van der Waals surface area contributed by atoms with Gasteiger partial charge in [-0.15, -0.1) is 0 Å². The van der Waals surface area contributed by atoms with Gasteiger partial charge in [0.05, 0.1) is 0 Å². The molecule has 0 spiro atoms. The fraction of sp³-hybridized carbons (Fsp3) is 0.846. The van der Waals surface area contributed by atoms with Gasteiger partial charge < -0.3 is 14.6 Å². The van der Waals surface area contributed by atoms with Crippen molar-refractivity contribution in [3.05, 3.63) is 5.82 Å². The maximum Gasteiger partial charge on any atom is 0.321 e. The number of hydrogen-bond acceptors (Lipinski definition) is 5. The number of rotatable bonds is 5. The summed E-state index contributed by atoms with van der Waals surface area (Å²) >= 11 is 0. The molecular weight excluding hydrogens is 230 g/mol. The Morgan fingerprint density at radius 1 is 1.33 bits per heavy atom. The zero-order chi connectivity index (χ0) is 12.4. The summed E-state index contributed by atoms with van der Waals surface area (Å²) in [5, 5.41) is 7.38. The second kappa shape index (κ2) is 4.88. The van der Waals surface area contributed by atoms with Crippen LogP contribution >= 0.6 is 0 Å². The molecule has 5 nitrogen and oxygen atoms in total. The Morgan fingerprint density at radius 2 is 2.11 bits per heavy atom. The molecule has 2 saturated carbocycles. The van der Waals surface area contributed by atoms with Crippen LogP contribution in [0, 0.1) is 0 Å². The molecule has 0 aromatic carbocycles. The predicted molar refractivity (Wildman–Crippen MR) is 67.3 cm³/mol. The Labute approximate surface area is 107 Å². The topological polar surface area (TPSA) is 60.2 Å². The lowest BCUT2D eigenvalue weighted by Crippen LogP contribution is -2.33. The first-order chi connectivity index (χ1) is 8.82. The zero-order valence-corrected chi connectivity index (χ0v) is 10.9. The van der Waals surface area contributed by atoms with E-state index in [2.05, 4.69) is 15.5 Å². The van der Waals surface area contributed by atoms with Gasteiger partial charge in [-0.3, -0.25) is 0 Å². The van der Waals surface area contributed by atoms with Crippen molar-refractivity contribution in [1.29, 1.82) is 0 Å². The van der Waals surface area contributed by atoms with E-state index in [1.54, 1.807) is 0 Å². The lowest BCUT2D eigenvalue weighted by molar-refractivity contribution is -0.0777. The first-order valence-electron chi connectivity index (χ1n) is 7.07. The quantitative estimate of drug-likeness (QED) is 0.872. The molecule has 2 fully saturated rings. The van der Waals surface area contributed by atoms with Gasteiger partial charge in [0.2, 0.25) is 5.82 Å². The summed E-state index contributed by atoms with van der Waals surface area (Å²) < 4.78 is 11.3. The summed E-state index contributed by atoms with van der Waals surface area (Å²) in [7, 11) is 0. The molecule has 0 radical (unpaired) electrons. The van der Waals surface area contributed by atoms with Crippen LogP contribution in [0.2, 0.25) is 0 Å². The highest BCUT2D eigenvalue weighted by atomic mass is 16.5.